The summed E-state index contributed by atoms with van der Waals surface area (Å²) in [5, 5.41) is 6.47. The monoisotopic (exact) mass is 585 g/mol. The lowest BCUT2D eigenvalue weighted by Gasteiger charge is -2.21. The average molecular weight is 585 g/mol. The van der Waals surface area contributed by atoms with Crippen LogP contribution >= 0.6 is 22.6 Å². The lowest BCUT2D eigenvalue weighted by Crippen LogP contribution is -2.42. The molecular formula is C18H14F2INO9S. The SMILES string of the molecule is CC(OC(=O)c1cccc([N+](=O)[O-])c1C(=O)OCc1ccc(I)cc1)C(F)(F)S(=O)(=O)O. The number of nitro groups is 1. The number of benzene rings is 2. The predicted octanol–water partition coefficient (Wildman–Crippen LogP) is 3.58. The van der Waals surface area contributed by atoms with Crippen molar-refractivity contribution in [2.24, 2.45) is 0 Å². The molecule has 1 atom stereocenters. The normalized spacial score (nSPS) is 12.7. The molecule has 0 heterocycles. The Bertz CT molecular complexity index is 1150. The Morgan fingerprint density at radius 1 is 1.19 bits per heavy atom. The zero-order valence-corrected chi connectivity index (χ0v) is 19.0. The molecule has 1 N–H and O–H groups in total. The fourth-order valence-corrected chi connectivity index (χ4v) is 3.21. The Hall–Kier alpha value is -2.72. The first kappa shape index (κ1) is 25.5. The van der Waals surface area contributed by atoms with Crippen LogP contribution < -0.4 is 0 Å². The van der Waals surface area contributed by atoms with Crippen molar-refractivity contribution in [2.75, 3.05) is 0 Å². The number of carbonyl (C=O) groups excluding carboxylic acids is 2. The van der Waals surface area contributed by atoms with E-state index in [1.54, 1.807) is 24.3 Å². The van der Waals surface area contributed by atoms with Gasteiger partial charge in [-0.25, -0.2) is 9.59 Å². The molecule has 0 saturated heterocycles. The van der Waals surface area contributed by atoms with Gasteiger partial charge in [-0.2, -0.15) is 17.2 Å². The second kappa shape index (κ2) is 9.83. The van der Waals surface area contributed by atoms with E-state index in [1.807, 2.05) is 22.6 Å². The first-order chi connectivity index (χ1) is 14.8. The number of nitro benzene ring substituents is 1. The molecule has 0 aliphatic heterocycles. The van der Waals surface area contributed by atoms with Gasteiger partial charge < -0.3 is 9.47 Å². The minimum absolute atomic E-state index is 0.312. The van der Waals surface area contributed by atoms with Crippen LogP contribution in [0.4, 0.5) is 14.5 Å². The van der Waals surface area contributed by atoms with Gasteiger partial charge in [-0.15, -0.1) is 0 Å². The average Bonchev–Trinajstić information content (AvgIpc) is 2.71. The molecule has 0 spiro atoms. The van der Waals surface area contributed by atoms with Crippen LogP contribution in [0.15, 0.2) is 42.5 Å². The maximum absolute atomic E-state index is 13.7. The molecule has 0 saturated carbocycles. The number of rotatable bonds is 8. The Morgan fingerprint density at radius 2 is 1.78 bits per heavy atom. The lowest BCUT2D eigenvalue weighted by atomic mass is 10.1. The third-order valence-corrected chi connectivity index (χ3v) is 5.79. The number of esters is 2. The Balaban J connectivity index is 2.36. The van der Waals surface area contributed by atoms with Crippen LogP contribution in [0.1, 0.15) is 33.2 Å². The van der Waals surface area contributed by atoms with Crippen molar-refractivity contribution >= 4 is 50.3 Å². The fourth-order valence-electron chi connectivity index (χ4n) is 2.38. The molecule has 32 heavy (non-hydrogen) atoms. The second-order valence-electron chi connectivity index (χ2n) is 6.24. The summed E-state index contributed by atoms with van der Waals surface area (Å²) in [4.78, 5) is 35.3. The van der Waals surface area contributed by atoms with Gasteiger partial charge in [0.2, 0.25) is 0 Å². The zero-order valence-electron chi connectivity index (χ0n) is 16.0. The molecule has 10 nitrogen and oxygen atoms in total. The Labute approximate surface area is 193 Å². The van der Waals surface area contributed by atoms with Gasteiger partial charge >= 0.3 is 27.3 Å². The molecule has 0 aliphatic carbocycles. The van der Waals surface area contributed by atoms with Crippen molar-refractivity contribution in [3.8, 4) is 0 Å². The molecule has 2 aromatic carbocycles. The van der Waals surface area contributed by atoms with E-state index in [9.17, 15) is 36.9 Å². The van der Waals surface area contributed by atoms with Crippen LogP contribution in [0, 0.1) is 13.7 Å². The minimum atomic E-state index is -5.93. The summed E-state index contributed by atoms with van der Waals surface area (Å²) in [5.74, 6) is -2.97. The number of carbonyl (C=O) groups is 2. The van der Waals surface area contributed by atoms with E-state index >= 15 is 0 Å². The highest BCUT2D eigenvalue weighted by Crippen LogP contribution is 2.30. The van der Waals surface area contributed by atoms with Crippen LogP contribution in [-0.4, -0.2) is 41.2 Å². The van der Waals surface area contributed by atoms with Gasteiger partial charge in [0.05, 0.1) is 10.5 Å². The molecule has 0 aliphatic rings. The van der Waals surface area contributed by atoms with Gasteiger partial charge in [-0.05, 0) is 53.3 Å². The predicted molar refractivity (Wildman–Crippen MR) is 113 cm³/mol. The highest BCUT2D eigenvalue weighted by atomic mass is 127. The quantitative estimate of drug-likeness (QED) is 0.161. The molecule has 0 amide bonds. The van der Waals surface area contributed by atoms with E-state index < -0.39 is 55.2 Å². The summed E-state index contributed by atoms with van der Waals surface area (Å²) in [5.41, 5.74) is -2.00. The van der Waals surface area contributed by atoms with Crippen molar-refractivity contribution < 1.29 is 45.7 Å². The third-order valence-electron chi connectivity index (χ3n) is 4.05. The van der Waals surface area contributed by atoms with Gasteiger partial charge in [0.1, 0.15) is 6.61 Å². The smallest absolute Gasteiger partial charge is 0.405 e. The highest BCUT2D eigenvalue weighted by Gasteiger charge is 2.52. The van der Waals surface area contributed by atoms with E-state index in [4.69, 9.17) is 9.29 Å². The van der Waals surface area contributed by atoms with Gasteiger partial charge in [-0.1, -0.05) is 18.2 Å². The summed E-state index contributed by atoms with van der Waals surface area (Å²) in [6.45, 7) is 0.172. The van der Waals surface area contributed by atoms with Crippen LogP contribution in [-0.2, 0) is 26.2 Å². The summed E-state index contributed by atoms with van der Waals surface area (Å²) in [6.07, 6.45) is -2.68. The molecule has 0 bridgehead atoms. The van der Waals surface area contributed by atoms with Gasteiger partial charge in [0, 0.05) is 9.64 Å². The van der Waals surface area contributed by atoms with Crippen molar-refractivity contribution in [1.29, 1.82) is 0 Å². The summed E-state index contributed by atoms with van der Waals surface area (Å²) < 4.78 is 67.9. The molecule has 1 unspecified atom stereocenters. The maximum atomic E-state index is 13.7. The minimum Gasteiger partial charge on any atom is -0.457 e. The number of hydrogen-bond acceptors (Lipinski definition) is 8. The van der Waals surface area contributed by atoms with E-state index in [0.717, 1.165) is 21.8 Å². The molecule has 0 radical (unpaired) electrons. The van der Waals surface area contributed by atoms with Crippen LogP contribution in [0.3, 0.4) is 0 Å². The third kappa shape index (κ3) is 5.74. The van der Waals surface area contributed by atoms with Crippen LogP contribution in [0.25, 0.3) is 0 Å². The van der Waals surface area contributed by atoms with Crippen molar-refractivity contribution in [1.82, 2.24) is 0 Å². The van der Waals surface area contributed by atoms with Gasteiger partial charge in [0.25, 0.3) is 5.69 Å². The summed E-state index contributed by atoms with van der Waals surface area (Å²) in [6, 6.07) is 9.45. The second-order valence-corrected chi connectivity index (χ2v) is 8.98. The first-order valence-corrected chi connectivity index (χ1v) is 11.0. The summed E-state index contributed by atoms with van der Waals surface area (Å²) >= 11 is 2.05. The van der Waals surface area contributed by atoms with Crippen molar-refractivity contribution in [3.63, 3.8) is 0 Å². The standard InChI is InChI=1S/C18H14F2INO9S/c1-10(18(19,20)32(27,28)29)31-16(23)13-3-2-4-14(22(25)26)15(13)17(24)30-9-11-5-7-12(21)8-6-11/h2-8,10H,9H2,1H3,(H,27,28,29). The number of nitrogens with zero attached hydrogens (tertiary/aromatic N) is 1. The maximum Gasteiger partial charge on any atom is 0.405 e. The van der Waals surface area contributed by atoms with Crippen molar-refractivity contribution in [2.45, 2.75) is 24.9 Å². The van der Waals surface area contributed by atoms with E-state index in [2.05, 4.69) is 4.74 Å². The topological polar surface area (TPSA) is 150 Å². The first-order valence-electron chi connectivity index (χ1n) is 8.50. The molecule has 2 rings (SSSR count). The highest BCUT2D eigenvalue weighted by molar-refractivity contribution is 14.1. The van der Waals surface area contributed by atoms with Gasteiger partial charge in [-0.3, -0.25) is 14.7 Å². The largest absolute Gasteiger partial charge is 0.457 e. The number of ether oxygens (including phenoxy) is 2. The van der Waals surface area contributed by atoms with E-state index in [-0.39, 0.29) is 6.61 Å². The van der Waals surface area contributed by atoms with E-state index in [0.29, 0.717) is 12.5 Å². The molecule has 0 aromatic heterocycles. The summed E-state index contributed by atoms with van der Waals surface area (Å²) in [7, 11) is -5.93. The van der Waals surface area contributed by atoms with Crippen LogP contribution in [0.2, 0.25) is 0 Å². The molecule has 14 heteroatoms. The molecular weight excluding hydrogens is 571 g/mol. The Morgan fingerprint density at radius 3 is 2.31 bits per heavy atom. The van der Waals surface area contributed by atoms with Gasteiger partial charge in [0.15, 0.2) is 11.7 Å². The van der Waals surface area contributed by atoms with Crippen molar-refractivity contribution in [3.05, 3.63) is 72.8 Å². The van der Waals surface area contributed by atoms with E-state index in [1.165, 1.54) is 0 Å². The number of hydrogen-bond donors (Lipinski definition) is 1. The molecule has 0 fully saturated rings. The number of halogens is 3. The van der Waals surface area contributed by atoms with Crippen LogP contribution in [0.5, 0.6) is 0 Å². The lowest BCUT2D eigenvalue weighted by molar-refractivity contribution is -0.385. The molecule has 172 valence electrons. The molecule has 2 aromatic rings. The zero-order chi connectivity index (χ0) is 24.3. The fraction of sp³-hybridized carbons (Fsp3) is 0.222. The Kier molecular flexibility index (Phi) is 7.84. The number of alkyl halides is 2.